The van der Waals surface area contributed by atoms with E-state index < -0.39 is 0 Å². The van der Waals surface area contributed by atoms with Crippen molar-refractivity contribution >= 4 is 5.69 Å². The molecule has 100 valence electrons. The molecule has 0 atom stereocenters. The van der Waals surface area contributed by atoms with Crippen LogP contribution in [0.5, 0.6) is 0 Å². The summed E-state index contributed by atoms with van der Waals surface area (Å²) in [5.41, 5.74) is 10.2. The Morgan fingerprint density at radius 1 is 1.05 bits per heavy atom. The van der Waals surface area contributed by atoms with E-state index in [1.54, 1.807) is 10.9 Å². The topological polar surface area (TPSA) is 82.5 Å². The fourth-order valence-corrected chi connectivity index (χ4v) is 1.87. The van der Waals surface area contributed by atoms with E-state index in [-0.39, 0.29) is 0 Å². The second-order valence-corrected chi connectivity index (χ2v) is 4.54. The van der Waals surface area contributed by atoms with Crippen LogP contribution in [0.1, 0.15) is 11.4 Å². The monoisotopic (exact) mass is 266 g/mol. The van der Waals surface area contributed by atoms with Gasteiger partial charge in [-0.15, -0.1) is 5.10 Å². The maximum atomic E-state index is 5.96. The number of nitrogens with two attached hydrogens (primary N) is 1. The van der Waals surface area contributed by atoms with Crippen LogP contribution in [0.4, 0.5) is 5.69 Å². The van der Waals surface area contributed by atoms with E-state index in [0.29, 0.717) is 11.6 Å². The van der Waals surface area contributed by atoms with E-state index in [0.717, 1.165) is 22.5 Å². The molecular weight excluding hydrogens is 252 g/mol. The first-order valence-corrected chi connectivity index (χ1v) is 6.23. The largest absolute Gasteiger partial charge is 0.398 e. The Balaban J connectivity index is 2.02. The molecule has 3 rings (SSSR count). The van der Waals surface area contributed by atoms with Crippen molar-refractivity contribution in [3.63, 3.8) is 0 Å². The van der Waals surface area contributed by atoms with Gasteiger partial charge in [0.1, 0.15) is 0 Å². The van der Waals surface area contributed by atoms with Gasteiger partial charge in [0.2, 0.25) is 0 Å². The lowest BCUT2D eigenvalue weighted by molar-refractivity contribution is 0.752. The maximum absolute atomic E-state index is 5.96. The highest BCUT2D eigenvalue weighted by Crippen LogP contribution is 2.25. The van der Waals surface area contributed by atoms with Gasteiger partial charge in [-0.1, -0.05) is 18.2 Å². The number of hydrogen-bond donors (Lipinski definition) is 1. The maximum Gasteiger partial charge on any atom is 0.270 e. The quantitative estimate of drug-likeness (QED) is 0.716. The van der Waals surface area contributed by atoms with E-state index in [1.807, 2.05) is 44.3 Å². The predicted molar refractivity (Wildman–Crippen MR) is 76.3 cm³/mol. The van der Waals surface area contributed by atoms with Crippen LogP contribution in [0.15, 0.2) is 36.7 Å². The number of nitrogens with zero attached hydrogens (tertiary/aromatic N) is 5. The number of hydrogen-bond acceptors (Lipinski definition) is 5. The van der Waals surface area contributed by atoms with Gasteiger partial charge in [0.25, 0.3) is 5.95 Å². The van der Waals surface area contributed by atoms with E-state index >= 15 is 0 Å². The third kappa shape index (κ3) is 2.11. The molecule has 3 aromatic rings. The van der Waals surface area contributed by atoms with Gasteiger partial charge < -0.3 is 5.73 Å². The molecule has 0 aliphatic carbocycles. The third-order valence-corrected chi connectivity index (χ3v) is 3.14. The Kier molecular flexibility index (Phi) is 2.90. The summed E-state index contributed by atoms with van der Waals surface area (Å²) in [4.78, 5) is 4.37. The SMILES string of the molecule is Cc1nnc(-n2cc(-c3ccccc3N)cn2)nc1C. The molecule has 2 heterocycles. The summed E-state index contributed by atoms with van der Waals surface area (Å²) in [6.07, 6.45) is 3.59. The first-order valence-electron chi connectivity index (χ1n) is 6.23. The minimum absolute atomic E-state index is 0.453. The zero-order valence-corrected chi connectivity index (χ0v) is 11.3. The number of aryl methyl sites for hydroxylation is 2. The summed E-state index contributed by atoms with van der Waals surface area (Å²) in [6, 6.07) is 7.66. The smallest absolute Gasteiger partial charge is 0.270 e. The van der Waals surface area contributed by atoms with E-state index in [4.69, 9.17) is 5.73 Å². The van der Waals surface area contributed by atoms with Crippen LogP contribution < -0.4 is 5.73 Å². The molecule has 0 saturated heterocycles. The molecule has 0 aliphatic heterocycles. The van der Waals surface area contributed by atoms with Crippen molar-refractivity contribution in [2.45, 2.75) is 13.8 Å². The first-order chi connectivity index (χ1) is 9.65. The fourth-order valence-electron chi connectivity index (χ4n) is 1.87. The average molecular weight is 266 g/mol. The number of aromatic nitrogens is 5. The van der Waals surface area contributed by atoms with Crippen LogP contribution in [0.2, 0.25) is 0 Å². The normalized spacial score (nSPS) is 10.7. The van der Waals surface area contributed by atoms with Crippen LogP contribution in [-0.2, 0) is 0 Å². The predicted octanol–water partition coefficient (Wildman–Crippen LogP) is 1.92. The minimum atomic E-state index is 0.453. The molecule has 0 unspecified atom stereocenters. The van der Waals surface area contributed by atoms with Crippen molar-refractivity contribution in [3.8, 4) is 17.1 Å². The highest BCUT2D eigenvalue weighted by Gasteiger charge is 2.09. The second kappa shape index (κ2) is 4.73. The Labute approximate surface area is 116 Å². The fraction of sp³-hybridized carbons (Fsp3) is 0.143. The third-order valence-electron chi connectivity index (χ3n) is 3.14. The van der Waals surface area contributed by atoms with Crippen molar-refractivity contribution < 1.29 is 0 Å². The van der Waals surface area contributed by atoms with Crippen molar-refractivity contribution in [1.82, 2.24) is 25.0 Å². The molecule has 20 heavy (non-hydrogen) atoms. The summed E-state index contributed by atoms with van der Waals surface area (Å²) in [5, 5.41) is 12.4. The molecule has 1 aromatic carbocycles. The molecule has 6 heteroatoms. The number of anilines is 1. The van der Waals surface area contributed by atoms with Gasteiger partial charge in [-0.3, -0.25) is 0 Å². The van der Waals surface area contributed by atoms with Crippen LogP contribution in [0, 0.1) is 13.8 Å². The van der Waals surface area contributed by atoms with Gasteiger partial charge in [0.15, 0.2) is 0 Å². The second-order valence-electron chi connectivity index (χ2n) is 4.54. The summed E-state index contributed by atoms with van der Waals surface area (Å²) < 4.78 is 1.60. The first kappa shape index (κ1) is 12.3. The van der Waals surface area contributed by atoms with Gasteiger partial charge in [0.05, 0.1) is 17.6 Å². The summed E-state index contributed by atoms with van der Waals surface area (Å²) in [6.45, 7) is 3.77. The molecule has 0 aliphatic rings. The Hall–Kier alpha value is -2.76. The van der Waals surface area contributed by atoms with Crippen LogP contribution in [-0.4, -0.2) is 25.0 Å². The van der Waals surface area contributed by atoms with E-state index in [2.05, 4.69) is 20.3 Å². The molecule has 0 fully saturated rings. The van der Waals surface area contributed by atoms with Crippen molar-refractivity contribution in [2.75, 3.05) is 5.73 Å². The summed E-state index contributed by atoms with van der Waals surface area (Å²) in [7, 11) is 0. The summed E-state index contributed by atoms with van der Waals surface area (Å²) >= 11 is 0. The van der Waals surface area contributed by atoms with Crippen molar-refractivity contribution in [2.24, 2.45) is 0 Å². The zero-order chi connectivity index (χ0) is 14.1. The van der Waals surface area contributed by atoms with E-state index in [1.165, 1.54) is 0 Å². The Morgan fingerprint density at radius 3 is 2.60 bits per heavy atom. The van der Waals surface area contributed by atoms with Crippen molar-refractivity contribution in [3.05, 3.63) is 48.0 Å². The molecule has 2 aromatic heterocycles. The van der Waals surface area contributed by atoms with Crippen LogP contribution in [0.25, 0.3) is 17.1 Å². The van der Waals surface area contributed by atoms with Gasteiger partial charge in [0, 0.05) is 23.0 Å². The molecule has 0 radical (unpaired) electrons. The summed E-state index contributed by atoms with van der Waals surface area (Å²) in [5.74, 6) is 0.453. The minimum Gasteiger partial charge on any atom is -0.398 e. The molecule has 0 amide bonds. The lowest BCUT2D eigenvalue weighted by atomic mass is 10.1. The van der Waals surface area contributed by atoms with Crippen molar-refractivity contribution in [1.29, 1.82) is 0 Å². The van der Waals surface area contributed by atoms with Gasteiger partial charge in [-0.2, -0.15) is 10.2 Å². The molecule has 6 nitrogen and oxygen atoms in total. The highest BCUT2D eigenvalue weighted by molar-refractivity contribution is 5.75. The Morgan fingerprint density at radius 2 is 1.85 bits per heavy atom. The zero-order valence-electron chi connectivity index (χ0n) is 11.3. The lowest BCUT2D eigenvalue weighted by Gasteiger charge is -2.02. The van der Waals surface area contributed by atoms with Gasteiger partial charge >= 0.3 is 0 Å². The van der Waals surface area contributed by atoms with Gasteiger partial charge in [-0.05, 0) is 19.9 Å². The van der Waals surface area contributed by atoms with Crippen LogP contribution >= 0.6 is 0 Å². The Bertz CT molecular complexity index is 762. The van der Waals surface area contributed by atoms with Crippen LogP contribution in [0.3, 0.4) is 0 Å². The number of nitrogen functional groups attached to an aromatic ring is 1. The standard InChI is InChI=1S/C14H14N6/c1-9-10(2)18-19-14(17-9)20-8-11(7-16-20)12-5-3-4-6-13(12)15/h3-8H,15H2,1-2H3. The molecule has 0 saturated carbocycles. The molecule has 0 spiro atoms. The van der Waals surface area contributed by atoms with Gasteiger partial charge in [-0.25, -0.2) is 9.67 Å². The molecule has 0 bridgehead atoms. The number of rotatable bonds is 2. The lowest BCUT2D eigenvalue weighted by Crippen LogP contribution is -2.06. The number of para-hydroxylation sites is 1. The molecule has 2 N–H and O–H groups in total. The number of benzene rings is 1. The average Bonchev–Trinajstić information content (AvgIpc) is 2.92. The highest BCUT2D eigenvalue weighted by atomic mass is 15.4. The molecular formula is C14H14N6. The van der Waals surface area contributed by atoms with E-state index in [9.17, 15) is 0 Å².